The lowest BCUT2D eigenvalue weighted by Crippen LogP contribution is -3.00. The minimum Gasteiger partial charge on any atom is -0.138 e. The Hall–Kier alpha value is -1.05. The number of hydrazine groups is 1. The Labute approximate surface area is 46.8 Å². The monoisotopic (exact) mass is 105 g/mol. The molecule has 2 heteroatoms. The molecule has 2 nitrogen and oxygen atoms in total. The molecule has 0 saturated carbocycles. The molecular weight excluding hydrogens is 100 g/mol. The van der Waals surface area contributed by atoms with Crippen LogP contribution in [0.1, 0.15) is 0 Å². The first-order valence-corrected chi connectivity index (χ1v) is 2.78. The predicted molar refractivity (Wildman–Crippen MR) is 28.8 cm³/mol. The number of rotatable bonds is 0. The van der Waals surface area contributed by atoms with Gasteiger partial charge in [0, 0.05) is 6.08 Å². The Morgan fingerprint density at radius 1 is 1.50 bits per heavy atom. The van der Waals surface area contributed by atoms with Crippen molar-refractivity contribution in [2.75, 3.05) is 0 Å². The smallest absolute Gasteiger partial charge is 0.138 e. The van der Waals surface area contributed by atoms with E-state index in [1.54, 1.807) is 0 Å². The number of hydrogen-bond donors (Lipinski definition) is 1. The van der Waals surface area contributed by atoms with Gasteiger partial charge in [0.2, 0.25) is 5.71 Å². The average Bonchev–Trinajstić information content (AvgIpc) is 1.84. The van der Waals surface area contributed by atoms with Crippen molar-refractivity contribution < 1.29 is 5.10 Å². The van der Waals surface area contributed by atoms with E-state index in [2.05, 4.69) is 28.3 Å². The average molecular weight is 105 g/mol. The van der Waals surface area contributed by atoms with Gasteiger partial charge in [-0.3, -0.25) is 0 Å². The summed E-state index contributed by atoms with van der Waals surface area (Å²) < 4.78 is 0. The van der Waals surface area contributed by atoms with Gasteiger partial charge in [-0.1, -0.05) is 0 Å². The number of allylic oxidation sites excluding steroid dienone is 1. The maximum absolute atomic E-state index is 3.17. The van der Waals surface area contributed by atoms with Crippen LogP contribution in [0.15, 0.2) is 23.9 Å². The summed E-state index contributed by atoms with van der Waals surface area (Å²) in [6.07, 6.45) is 6.53. The van der Waals surface area contributed by atoms with Crippen molar-refractivity contribution in [3.05, 3.63) is 23.9 Å². The second kappa shape index (κ2) is 0.652. The summed E-state index contributed by atoms with van der Waals surface area (Å²) in [6, 6.07) is 0.634. The van der Waals surface area contributed by atoms with Gasteiger partial charge >= 0.3 is 0 Å². The molecule has 1 N–H and O–H groups in total. The summed E-state index contributed by atoms with van der Waals surface area (Å²) in [5, 5.41) is 5.34. The van der Waals surface area contributed by atoms with Crippen molar-refractivity contribution in [1.29, 1.82) is 0 Å². The Morgan fingerprint density at radius 2 is 2.50 bits per heavy atom. The Balaban J connectivity index is 2.37. The first-order chi connectivity index (χ1) is 3.95. The number of nitrogens with zero attached hydrogens (tertiary/aromatic N) is 1. The molecule has 1 aliphatic carbocycles. The van der Waals surface area contributed by atoms with E-state index in [-0.39, 0.29) is 0 Å². The summed E-state index contributed by atoms with van der Waals surface area (Å²) >= 11 is 0. The first-order valence-electron chi connectivity index (χ1n) is 2.78. The molecule has 0 saturated heterocycles. The van der Waals surface area contributed by atoms with E-state index in [4.69, 9.17) is 0 Å². The zero-order valence-corrected chi connectivity index (χ0v) is 4.26. The largest absolute Gasteiger partial charge is 0.236 e. The SMILES string of the molecule is C1=CC2=[NH+]N3C1=CC23. The zero-order valence-electron chi connectivity index (χ0n) is 4.26. The minimum absolute atomic E-state index is 0.634. The summed E-state index contributed by atoms with van der Waals surface area (Å²) in [5.41, 5.74) is 2.67. The van der Waals surface area contributed by atoms with Crippen molar-refractivity contribution in [1.82, 2.24) is 5.01 Å². The van der Waals surface area contributed by atoms with Crippen LogP contribution in [0.4, 0.5) is 0 Å². The van der Waals surface area contributed by atoms with E-state index in [1.165, 1.54) is 11.4 Å². The molecule has 0 radical (unpaired) electrons. The van der Waals surface area contributed by atoms with E-state index < -0.39 is 0 Å². The fourth-order valence-corrected chi connectivity index (χ4v) is 1.34. The molecular formula is C6H5N2+. The van der Waals surface area contributed by atoms with Gasteiger partial charge in [-0.25, -0.2) is 0 Å². The molecule has 0 spiro atoms. The highest BCUT2D eigenvalue weighted by atomic mass is 15.6. The number of hydrogen-bond acceptors (Lipinski definition) is 1. The van der Waals surface area contributed by atoms with Crippen molar-refractivity contribution in [3.8, 4) is 0 Å². The number of nitrogens with one attached hydrogen (secondary N) is 1. The molecule has 4 bridgehead atoms. The molecule has 0 aromatic carbocycles. The molecule has 1 atom stereocenters. The lowest BCUT2D eigenvalue weighted by atomic mass is 9.92. The third-order valence-electron chi connectivity index (χ3n) is 1.89. The van der Waals surface area contributed by atoms with Crippen LogP contribution in [-0.2, 0) is 0 Å². The van der Waals surface area contributed by atoms with Crippen LogP contribution in [0, 0.1) is 0 Å². The Bertz CT molecular complexity index is 216. The van der Waals surface area contributed by atoms with Gasteiger partial charge in [0.1, 0.15) is 0 Å². The third kappa shape index (κ3) is 0.135. The normalized spacial score (nSPS) is 35.0. The van der Waals surface area contributed by atoms with Gasteiger partial charge in [-0.05, 0) is 12.2 Å². The second-order valence-corrected chi connectivity index (χ2v) is 2.31. The lowest BCUT2D eigenvalue weighted by Gasteiger charge is -2.39. The second-order valence-electron chi connectivity index (χ2n) is 2.31. The van der Waals surface area contributed by atoms with Crippen LogP contribution >= 0.6 is 0 Å². The lowest BCUT2D eigenvalue weighted by molar-refractivity contribution is -0.678. The Morgan fingerprint density at radius 3 is 2.62 bits per heavy atom. The van der Waals surface area contributed by atoms with E-state index in [1.807, 2.05) is 0 Å². The zero-order chi connectivity index (χ0) is 5.14. The van der Waals surface area contributed by atoms with Crippen molar-refractivity contribution in [3.63, 3.8) is 0 Å². The van der Waals surface area contributed by atoms with Gasteiger partial charge in [-0.15, -0.1) is 10.1 Å². The van der Waals surface area contributed by atoms with Crippen LogP contribution in [0.3, 0.4) is 0 Å². The molecule has 0 aromatic heterocycles. The first kappa shape index (κ1) is 3.07. The molecule has 1 unspecified atom stereocenters. The van der Waals surface area contributed by atoms with Gasteiger partial charge < -0.3 is 0 Å². The van der Waals surface area contributed by atoms with Crippen LogP contribution in [0.25, 0.3) is 0 Å². The molecule has 4 aliphatic heterocycles. The molecule has 0 amide bonds. The van der Waals surface area contributed by atoms with Crippen molar-refractivity contribution in [2.45, 2.75) is 6.04 Å². The maximum Gasteiger partial charge on any atom is 0.236 e. The Kier molecular flexibility index (Phi) is 0.250. The summed E-state index contributed by atoms with van der Waals surface area (Å²) in [4.78, 5) is 0. The maximum atomic E-state index is 3.17. The quantitative estimate of drug-likeness (QED) is 0.400. The van der Waals surface area contributed by atoms with Crippen molar-refractivity contribution in [2.24, 2.45) is 0 Å². The fourth-order valence-electron chi connectivity index (χ4n) is 1.34. The highest BCUT2D eigenvalue weighted by Crippen LogP contribution is 2.26. The molecule has 4 heterocycles. The van der Waals surface area contributed by atoms with Crippen LogP contribution in [0.5, 0.6) is 0 Å². The van der Waals surface area contributed by atoms with E-state index in [0.29, 0.717) is 6.04 Å². The van der Waals surface area contributed by atoms with Crippen LogP contribution < -0.4 is 5.10 Å². The van der Waals surface area contributed by atoms with Crippen LogP contribution in [0.2, 0.25) is 0 Å². The number of hydrazone groups is 1. The van der Waals surface area contributed by atoms with E-state index >= 15 is 0 Å². The minimum atomic E-state index is 0.634. The molecule has 5 aliphatic rings. The molecule has 5 rings (SSSR count). The predicted octanol–water partition coefficient (Wildman–Crippen LogP) is -1.43. The van der Waals surface area contributed by atoms with Crippen molar-refractivity contribution >= 4 is 5.71 Å². The summed E-state index contributed by atoms with van der Waals surface area (Å²) in [5.74, 6) is 0. The molecule has 8 heavy (non-hydrogen) atoms. The molecule has 0 fully saturated rings. The molecule has 0 aromatic rings. The third-order valence-corrected chi connectivity index (χ3v) is 1.89. The highest BCUT2D eigenvalue weighted by Gasteiger charge is 2.49. The molecule has 38 valence electrons. The van der Waals surface area contributed by atoms with Gasteiger partial charge in [0.15, 0.2) is 6.04 Å². The van der Waals surface area contributed by atoms with Gasteiger partial charge in [0.05, 0.1) is 5.70 Å². The van der Waals surface area contributed by atoms with Gasteiger partial charge in [-0.2, -0.15) is 0 Å². The van der Waals surface area contributed by atoms with Gasteiger partial charge in [0.25, 0.3) is 0 Å². The standard InChI is InChI=1S/C6H4N2/c1-2-5-6-3-4(1)8(6)7-5/h1-3,6H/p+1. The highest BCUT2D eigenvalue weighted by molar-refractivity contribution is 6.02. The van der Waals surface area contributed by atoms with E-state index in [9.17, 15) is 0 Å². The topological polar surface area (TPSA) is 17.2 Å². The van der Waals surface area contributed by atoms with E-state index in [0.717, 1.165) is 0 Å². The fraction of sp³-hybridized carbons (Fsp3) is 0.167. The summed E-state index contributed by atoms with van der Waals surface area (Å²) in [6.45, 7) is 0. The van der Waals surface area contributed by atoms with Crippen LogP contribution in [-0.4, -0.2) is 16.8 Å². The summed E-state index contributed by atoms with van der Waals surface area (Å²) in [7, 11) is 0.